The lowest BCUT2D eigenvalue weighted by molar-refractivity contribution is -0.118. The van der Waals surface area contributed by atoms with Crippen LogP contribution in [0.4, 0.5) is 0 Å². The Balaban J connectivity index is 0.000000194. The third kappa shape index (κ3) is 4.91. The lowest BCUT2D eigenvalue weighted by Crippen LogP contribution is -2.39. The number of amides is 1. The Kier molecular flexibility index (Phi) is 5.98. The van der Waals surface area contributed by atoms with Crippen LogP contribution in [-0.2, 0) is 15.0 Å². The monoisotopic (exact) mass is 319 g/mol. The van der Waals surface area contributed by atoms with Gasteiger partial charge in [0.15, 0.2) is 0 Å². The quantitative estimate of drug-likeness (QED) is 0.618. The summed E-state index contributed by atoms with van der Waals surface area (Å²) in [7, 11) is -3.50. The second kappa shape index (κ2) is 7.53. The van der Waals surface area contributed by atoms with Gasteiger partial charge in [0.05, 0.1) is 12.6 Å². The van der Waals surface area contributed by atoms with E-state index in [2.05, 4.69) is 5.32 Å². The highest BCUT2D eigenvalue weighted by Gasteiger charge is 2.39. The fraction of sp³-hybridized carbons (Fsp3) is 0.923. The number of aliphatic hydroxyl groups excluding tert-OH is 1. The van der Waals surface area contributed by atoms with Crippen LogP contribution in [0.1, 0.15) is 44.9 Å². The van der Waals surface area contributed by atoms with Gasteiger partial charge in [-0.05, 0) is 38.8 Å². The zero-order valence-electron chi connectivity index (χ0n) is 12.3. The zero-order valence-corrected chi connectivity index (χ0v) is 13.1. The Bertz CT molecular complexity index is 442. The van der Waals surface area contributed by atoms with Gasteiger partial charge in [-0.2, -0.15) is 12.7 Å². The van der Waals surface area contributed by atoms with Crippen LogP contribution < -0.4 is 10.0 Å². The summed E-state index contributed by atoms with van der Waals surface area (Å²) >= 11 is 0. The predicted octanol–water partition coefficient (Wildman–Crippen LogP) is -0.274. The number of carbonyl (C=O) groups is 1. The van der Waals surface area contributed by atoms with Gasteiger partial charge in [0.1, 0.15) is 0 Å². The summed E-state index contributed by atoms with van der Waals surface area (Å²) < 4.78 is 26.2. The highest BCUT2D eigenvalue weighted by Crippen LogP contribution is 2.25. The molecule has 0 aromatic carbocycles. The number of carbonyl (C=O) groups excluding carboxylic acids is 1. The van der Waals surface area contributed by atoms with Gasteiger partial charge >= 0.3 is 10.2 Å². The molecule has 0 aromatic rings. The highest BCUT2D eigenvalue weighted by molar-refractivity contribution is 7.88. The van der Waals surface area contributed by atoms with Gasteiger partial charge in [0.25, 0.3) is 0 Å². The topological polar surface area (TPSA) is 98.7 Å². The average molecular weight is 319 g/mol. The van der Waals surface area contributed by atoms with Crippen molar-refractivity contribution in [2.24, 2.45) is 0 Å². The van der Waals surface area contributed by atoms with Crippen LogP contribution in [0, 0.1) is 0 Å². The lowest BCUT2D eigenvalue weighted by atomic mass is 9.95. The fourth-order valence-electron chi connectivity index (χ4n) is 2.96. The average Bonchev–Trinajstić information content (AvgIpc) is 2.74. The minimum Gasteiger partial charge on any atom is -0.393 e. The molecule has 3 fully saturated rings. The van der Waals surface area contributed by atoms with Crippen LogP contribution in [0.15, 0.2) is 0 Å². The first kappa shape index (κ1) is 16.7. The molecule has 0 spiro atoms. The summed E-state index contributed by atoms with van der Waals surface area (Å²) in [4.78, 5) is 11.0. The SMILES string of the molecule is O=C1CN(C2CCCCC2)S(=O)(=O)N1.OC1CCNCC1. The van der Waals surface area contributed by atoms with Crippen molar-refractivity contribution in [3.8, 4) is 0 Å². The third-order valence-corrected chi connectivity index (χ3v) is 5.67. The van der Waals surface area contributed by atoms with Crippen LogP contribution in [0.3, 0.4) is 0 Å². The lowest BCUT2D eigenvalue weighted by Gasteiger charge is -2.27. The van der Waals surface area contributed by atoms with E-state index < -0.39 is 16.1 Å². The normalized spacial score (nSPS) is 27.8. The van der Waals surface area contributed by atoms with Crippen molar-refractivity contribution >= 4 is 16.1 Å². The summed E-state index contributed by atoms with van der Waals surface area (Å²) in [5, 5.41) is 12.0. The van der Waals surface area contributed by atoms with E-state index in [1.165, 1.54) is 10.7 Å². The molecule has 0 bridgehead atoms. The Morgan fingerprint density at radius 3 is 2.10 bits per heavy atom. The molecule has 0 aromatic heterocycles. The number of rotatable bonds is 1. The van der Waals surface area contributed by atoms with Crippen molar-refractivity contribution in [1.82, 2.24) is 14.3 Å². The highest BCUT2D eigenvalue weighted by atomic mass is 32.2. The molecular formula is C13H25N3O4S. The number of nitrogens with zero attached hydrogens (tertiary/aromatic N) is 1. The van der Waals surface area contributed by atoms with E-state index in [1.807, 2.05) is 4.72 Å². The maximum Gasteiger partial charge on any atom is 0.304 e. The summed E-state index contributed by atoms with van der Waals surface area (Å²) in [5.41, 5.74) is 0. The van der Waals surface area contributed by atoms with E-state index >= 15 is 0 Å². The van der Waals surface area contributed by atoms with Crippen LogP contribution in [-0.4, -0.2) is 55.5 Å². The standard InChI is InChI=1S/C8H14N2O3S.C5H11NO/c11-8-6-10(14(12,13)9-8)7-4-2-1-3-5-7;7-5-1-3-6-4-2-5/h7H,1-6H2,(H,9,11);5-7H,1-4H2. The first-order valence-electron chi connectivity index (χ1n) is 7.70. The van der Waals surface area contributed by atoms with Gasteiger partial charge in [-0.25, -0.2) is 4.72 Å². The maximum atomic E-state index is 11.5. The van der Waals surface area contributed by atoms with Gasteiger partial charge in [0.2, 0.25) is 5.91 Å². The number of hydrogen-bond donors (Lipinski definition) is 3. The Hall–Kier alpha value is -0.700. The number of piperidine rings is 1. The van der Waals surface area contributed by atoms with E-state index in [0.717, 1.165) is 51.6 Å². The van der Waals surface area contributed by atoms with Gasteiger partial charge in [0, 0.05) is 6.04 Å². The molecule has 2 aliphatic heterocycles. The molecule has 3 aliphatic rings. The van der Waals surface area contributed by atoms with Crippen molar-refractivity contribution in [2.45, 2.75) is 57.1 Å². The summed E-state index contributed by atoms with van der Waals surface area (Å²) in [6.07, 6.45) is 6.89. The molecule has 2 saturated heterocycles. The van der Waals surface area contributed by atoms with E-state index in [1.54, 1.807) is 0 Å². The van der Waals surface area contributed by atoms with E-state index in [-0.39, 0.29) is 18.7 Å². The van der Waals surface area contributed by atoms with Crippen LogP contribution in [0.2, 0.25) is 0 Å². The smallest absolute Gasteiger partial charge is 0.304 e. The molecule has 122 valence electrons. The molecule has 8 heteroatoms. The molecule has 7 nitrogen and oxygen atoms in total. The van der Waals surface area contributed by atoms with Crippen molar-refractivity contribution < 1.29 is 18.3 Å². The Morgan fingerprint density at radius 2 is 1.67 bits per heavy atom. The molecule has 3 rings (SSSR count). The molecule has 1 amide bonds. The molecule has 21 heavy (non-hydrogen) atoms. The minimum absolute atomic E-state index is 0.00694. The second-order valence-corrected chi connectivity index (χ2v) is 7.47. The molecule has 0 radical (unpaired) electrons. The van der Waals surface area contributed by atoms with Gasteiger partial charge in [-0.15, -0.1) is 0 Å². The molecule has 2 heterocycles. The zero-order chi connectivity index (χ0) is 15.3. The maximum absolute atomic E-state index is 11.5. The number of hydrogen-bond acceptors (Lipinski definition) is 5. The third-order valence-electron chi connectivity index (χ3n) is 4.14. The van der Waals surface area contributed by atoms with E-state index in [0.29, 0.717) is 0 Å². The molecule has 0 unspecified atom stereocenters. The molecule has 1 saturated carbocycles. The summed E-state index contributed by atoms with van der Waals surface area (Å²) in [5.74, 6) is -0.407. The van der Waals surface area contributed by atoms with E-state index in [4.69, 9.17) is 5.11 Å². The van der Waals surface area contributed by atoms with Crippen LogP contribution in [0.5, 0.6) is 0 Å². The fourth-order valence-corrected chi connectivity index (χ4v) is 4.32. The summed E-state index contributed by atoms with van der Waals surface area (Å²) in [6.45, 7) is 1.98. The summed E-state index contributed by atoms with van der Waals surface area (Å²) in [6, 6.07) is 0.0349. The first-order chi connectivity index (χ1) is 9.99. The van der Waals surface area contributed by atoms with Gasteiger partial charge in [-0.3, -0.25) is 4.79 Å². The molecule has 0 atom stereocenters. The number of nitrogens with one attached hydrogen (secondary N) is 2. The van der Waals surface area contributed by atoms with Crippen molar-refractivity contribution in [2.75, 3.05) is 19.6 Å². The Labute approximate surface area is 126 Å². The van der Waals surface area contributed by atoms with Crippen LogP contribution >= 0.6 is 0 Å². The minimum atomic E-state index is -3.50. The van der Waals surface area contributed by atoms with Crippen molar-refractivity contribution in [1.29, 1.82) is 0 Å². The molecule has 1 aliphatic carbocycles. The largest absolute Gasteiger partial charge is 0.393 e. The van der Waals surface area contributed by atoms with E-state index in [9.17, 15) is 13.2 Å². The first-order valence-corrected chi connectivity index (χ1v) is 9.14. The van der Waals surface area contributed by atoms with Gasteiger partial charge in [-0.1, -0.05) is 19.3 Å². The van der Waals surface area contributed by atoms with Gasteiger partial charge < -0.3 is 10.4 Å². The molecular weight excluding hydrogens is 294 g/mol. The second-order valence-electron chi connectivity index (χ2n) is 5.85. The predicted molar refractivity (Wildman–Crippen MR) is 78.8 cm³/mol. The van der Waals surface area contributed by atoms with Crippen molar-refractivity contribution in [3.05, 3.63) is 0 Å². The van der Waals surface area contributed by atoms with Crippen LogP contribution in [0.25, 0.3) is 0 Å². The Morgan fingerprint density at radius 1 is 1.05 bits per heavy atom. The molecule has 3 N–H and O–H groups in total. The van der Waals surface area contributed by atoms with Crippen molar-refractivity contribution in [3.63, 3.8) is 0 Å². The number of aliphatic hydroxyl groups is 1.